The molecule has 1 heterocycles. The van der Waals surface area contributed by atoms with E-state index in [9.17, 15) is 14.4 Å². The first-order valence-corrected chi connectivity index (χ1v) is 7.40. The van der Waals surface area contributed by atoms with Crippen molar-refractivity contribution in [3.8, 4) is 0 Å². The Morgan fingerprint density at radius 3 is 2.09 bits per heavy atom. The van der Waals surface area contributed by atoms with Crippen molar-refractivity contribution in [2.45, 2.75) is 40.5 Å². The van der Waals surface area contributed by atoms with Crippen LogP contribution >= 0.6 is 0 Å². The standard InChI is InChI=1S/C17H21NO4/c1-11(9-10-17(2,3)4)16(21)22-18-14(19)12-7-5-6-8-13(12)15(18)20/h5-8,11H,9-10H2,1-4H3. The van der Waals surface area contributed by atoms with Crippen LogP contribution in [0.1, 0.15) is 61.3 Å². The Hall–Kier alpha value is -2.17. The Bertz CT molecular complexity index is 580. The van der Waals surface area contributed by atoms with Crippen LogP contribution < -0.4 is 0 Å². The number of carbonyl (C=O) groups excluding carboxylic acids is 3. The van der Waals surface area contributed by atoms with Gasteiger partial charge in [-0.15, -0.1) is 0 Å². The number of hydrogen-bond acceptors (Lipinski definition) is 4. The summed E-state index contributed by atoms with van der Waals surface area (Å²) in [5.41, 5.74) is 0.648. The molecule has 1 aromatic rings. The summed E-state index contributed by atoms with van der Waals surface area (Å²) < 4.78 is 0. The maximum atomic E-state index is 12.1. The second-order valence-electron chi connectivity index (χ2n) is 6.86. The van der Waals surface area contributed by atoms with E-state index in [0.717, 1.165) is 6.42 Å². The van der Waals surface area contributed by atoms with E-state index in [1.165, 1.54) is 0 Å². The highest BCUT2D eigenvalue weighted by atomic mass is 16.7. The monoisotopic (exact) mass is 303 g/mol. The average Bonchev–Trinajstić information content (AvgIpc) is 2.69. The number of benzene rings is 1. The molecule has 0 radical (unpaired) electrons. The predicted molar refractivity (Wildman–Crippen MR) is 80.9 cm³/mol. The molecule has 1 aliphatic heterocycles. The lowest BCUT2D eigenvalue weighted by atomic mass is 9.87. The molecule has 0 aromatic heterocycles. The van der Waals surface area contributed by atoms with Crippen molar-refractivity contribution in [3.05, 3.63) is 35.4 Å². The van der Waals surface area contributed by atoms with Gasteiger partial charge in [0.1, 0.15) is 0 Å². The smallest absolute Gasteiger partial charge is 0.329 e. The Labute approximate surface area is 130 Å². The van der Waals surface area contributed by atoms with Gasteiger partial charge < -0.3 is 4.84 Å². The lowest BCUT2D eigenvalue weighted by Crippen LogP contribution is -2.34. The zero-order valence-corrected chi connectivity index (χ0v) is 13.4. The molecule has 0 fully saturated rings. The molecule has 5 nitrogen and oxygen atoms in total. The summed E-state index contributed by atoms with van der Waals surface area (Å²) in [6.07, 6.45) is 1.50. The van der Waals surface area contributed by atoms with Gasteiger partial charge in [-0.1, -0.05) is 44.9 Å². The van der Waals surface area contributed by atoms with Gasteiger partial charge in [0, 0.05) is 0 Å². The summed E-state index contributed by atoms with van der Waals surface area (Å²) in [5.74, 6) is -2.10. The number of imide groups is 1. The first kappa shape index (κ1) is 16.2. The van der Waals surface area contributed by atoms with Crippen LogP contribution in [0, 0.1) is 11.3 Å². The third kappa shape index (κ3) is 3.35. The highest BCUT2D eigenvalue weighted by molar-refractivity contribution is 6.20. The molecule has 0 saturated carbocycles. The third-order valence-electron chi connectivity index (χ3n) is 3.67. The topological polar surface area (TPSA) is 63.7 Å². The van der Waals surface area contributed by atoms with Crippen molar-refractivity contribution < 1.29 is 19.2 Å². The van der Waals surface area contributed by atoms with Gasteiger partial charge in [0.15, 0.2) is 0 Å². The Kier molecular flexibility index (Phi) is 4.35. The maximum absolute atomic E-state index is 12.1. The van der Waals surface area contributed by atoms with Gasteiger partial charge in [-0.25, -0.2) is 4.79 Å². The summed E-state index contributed by atoms with van der Waals surface area (Å²) in [6, 6.07) is 6.43. The van der Waals surface area contributed by atoms with Crippen molar-refractivity contribution in [1.29, 1.82) is 0 Å². The summed E-state index contributed by atoms with van der Waals surface area (Å²) in [7, 11) is 0. The zero-order valence-electron chi connectivity index (χ0n) is 13.4. The molecule has 5 heteroatoms. The molecule has 0 N–H and O–H groups in total. The van der Waals surface area contributed by atoms with E-state index in [-0.39, 0.29) is 22.5 Å². The van der Waals surface area contributed by atoms with Gasteiger partial charge in [0.05, 0.1) is 17.0 Å². The summed E-state index contributed by atoms with van der Waals surface area (Å²) >= 11 is 0. The van der Waals surface area contributed by atoms with Gasteiger partial charge in [-0.05, 0) is 30.4 Å². The van der Waals surface area contributed by atoms with Crippen LogP contribution in [0.5, 0.6) is 0 Å². The van der Waals surface area contributed by atoms with Crippen LogP contribution in [0.2, 0.25) is 0 Å². The number of hydroxylamine groups is 2. The molecule has 2 amide bonds. The van der Waals surface area contributed by atoms with Gasteiger partial charge in [0.2, 0.25) is 0 Å². The van der Waals surface area contributed by atoms with E-state index in [1.807, 2.05) is 0 Å². The predicted octanol–water partition coefficient (Wildman–Crippen LogP) is 3.20. The lowest BCUT2D eigenvalue weighted by molar-refractivity contribution is -0.173. The van der Waals surface area contributed by atoms with Crippen LogP contribution in [0.25, 0.3) is 0 Å². The van der Waals surface area contributed by atoms with E-state index in [0.29, 0.717) is 11.5 Å². The van der Waals surface area contributed by atoms with Crippen molar-refractivity contribution in [2.75, 3.05) is 0 Å². The number of amides is 2. The van der Waals surface area contributed by atoms with Crippen LogP contribution in [-0.4, -0.2) is 22.8 Å². The molecule has 1 aromatic carbocycles. The second-order valence-corrected chi connectivity index (χ2v) is 6.86. The molecule has 0 spiro atoms. The fraction of sp³-hybridized carbons (Fsp3) is 0.471. The minimum absolute atomic E-state index is 0.115. The molecule has 0 aliphatic carbocycles. The molecular weight excluding hydrogens is 282 g/mol. The maximum Gasteiger partial charge on any atom is 0.335 e. The van der Waals surface area contributed by atoms with E-state index in [4.69, 9.17) is 4.84 Å². The highest BCUT2D eigenvalue weighted by Gasteiger charge is 2.39. The van der Waals surface area contributed by atoms with Crippen LogP contribution in [0.3, 0.4) is 0 Å². The van der Waals surface area contributed by atoms with E-state index < -0.39 is 17.8 Å². The Morgan fingerprint density at radius 2 is 1.64 bits per heavy atom. The van der Waals surface area contributed by atoms with Gasteiger partial charge >= 0.3 is 5.97 Å². The number of rotatable bonds is 4. The van der Waals surface area contributed by atoms with Crippen molar-refractivity contribution in [2.24, 2.45) is 11.3 Å². The average molecular weight is 303 g/mol. The van der Waals surface area contributed by atoms with Gasteiger partial charge in [-0.2, -0.15) is 0 Å². The first-order valence-electron chi connectivity index (χ1n) is 7.40. The zero-order chi connectivity index (χ0) is 16.5. The Balaban J connectivity index is 2.01. The quantitative estimate of drug-likeness (QED) is 0.801. The van der Waals surface area contributed by atoms with Crippen molar-refractivity contribution in [1.82, 2.24) is 5.06 Å². The SMILES string of the molecule is CC(CCC(C)(C)C)C(=O)ON1C(=O)c2ccccc2C1=O. The first-order chi connectivity index (χ1) is 10.2. The lowest BCUT2D eigenvalue weighted by Gasteiger charge is -2.21. The van der Waals surface area contributed by atoms with Gasteiger partial charge in [-0.3, -0.25) is 9.59 Å². The van der Waals surface area contributed by atoms with E-state index >= 15 is 0 Å². The largest absolute Gasteiger partial charge is 0.335 e. The Morgan fingerprint density at radius 1 is 1.14 bits per heavy atom. The van der Waals surface area contributed by atoms with Crippen LogP contribution in [0.15, 0.2) is 24.3 Å². The van der Waals surface area contributed by atoms with Crippen LogP contribution in [-0.2, 0) is 9.63 Å². The molecule has 1 atom stereocenters. The fourth-order valence-corrected chi connectivity index (χ4v) is 2.20. The molecule has 0 saturated heterocycles. The molecule has 22 heavy (non-hydrogen) atoms. The molecule has 118 valence electrons. The summed E-state index contributed by atoms with van der Waals surface area (Å²) in [4.78, 5) is 41.4. The molecule has 0 bridgehead atoms. The summed E-state index contributed by atoms with van der Waals surface area (Å²) in [5, 5.41) is 0.570. The molecular formula is C17H21NO4. The number of fused-ring (bicyclic) bond motifs is 1. The number of nitrogens with zero attached hydrogens (tertiary/aromatic N) is 1. The molecule has 2 rings (SSSR count). The molecule has 1 unspecified atom stereocenters. The highest BCUT2D eigenvalue weighted by Crippen LogP contribution is 2.26. The van der Waals surface area contributed by atoms with Crippen molar-refractivity contribution in [3.63, 3.8) is 0 Å². The second kappa shape index (κ2) is 5.91. The summed E-state index contributed by atoms with van der Waals surface area (Å²) in [6.45, 7) is 8.02. The fourth-order valence-electron chi connectivity index (χ4n) is 2.20. The minimum Gasteiger partial charge on any atom is -0.329 e. The van der Waals surface area contributed by atoms with Crippen LogP contribution in [0.4, 0.5) is 0 Å². The molecule has 1 aliphatic rings. The van der Waals surface area contributed by atoms with Crippen molar-refractivity contribution >= 4 is 17.8 Å². The normalized spacial score (nSPS) is 15.7. The van der Waals surface area contributed by atoms with Gasteiger partial charge in [0.25, 0.3) is 11.8 Å². The minimum atomic E-state index is -0.586. The number of hydrogen-bond donors (Lipinski definition) is 0. The number of carbonyl (C=O) groups is 3. The third-order valence-corrected chi connectivity index (χ3v) is 3.67. The van der Waals surface area contributed by atoms with E-state index in [1.54, 1.807) is 31.2 Å². The van der Waals surface area contributed by atoms with E-state index in [2.05, 4.69) is 20.8 Å².